The van der Waals surface area contributed by atoms with Crippen molar-refractivity contribution in [3.05, 3.63) is 77.9 Å². The molecule has 31 heavy (non-hydrogen) atoms. The Morgan fingerprint density at radius 3 is 2.58 bits per heavy atom. The minimum atomic E-state index is 0.559. The molecular weight excluding hydrogens is 382 g/mol. The monoisotopic (exact) mass is 417 g/mol. The van der Waals surface area contributed by atoms with Crippen molar-refractivity contribution in [2.45, 2.75) is 51.1 Å². The summed E-state index contributed by atoms with van der Waals surface area (Å²) >= 11 is 0. The van der Waals surface area contributed by atoms with Gasteiger partial charge in [-0.2, -0.15) is 0 Å². The van der Waals surface area contributed by atoms with Crippen LogP contribution in [0.5, 0.6) is 5.75 Å². The van der Waals surface area contributed by atoms with Gasteiger partial charge in [-0.25, -0.2) is 0 Å². The Balaban J connectivity index is 1.24. The molecule has 3 nitrogen and oxygen atoms in total. The lowest BCUT2D eigenvalue weighted by atomic mass is 10.1. The molecule has 1 saturated heterocycles. The van der Waals surface area contributed by atoms with E-state index in [4.69, 9.17) is 9.47 Å². The summed E-state index contributed by atoms with van der Waals surface area (Å²) in [7, 11) is 1.80. The molecule has 0 N–H and O–H groups in total. The molecule has 3 aromatic rings. The third-order valence-corrected chi connectivity index (χ3v) is 6.34. The van der Waals surface area contributed by atoms with E-state index in [1.807, 2.05) is 0 Å². The number of fused-ring (bicyclic) bond motifs is 1. The number of hydrogen-bond donors (Lipinski definition) is 0. The lowest BCUT2D eigenvalue weighted by molar-refractivity contribution is 0.112. The Bertz CT molecular complexity index is 940. The molecule has 3 aromatic carbocycles. The van der Waals surface area contributed by atoms with Crippen molar-refractivity contribution in [1.29, 1.82) is 0 Å². The summed E-state index contributed by atoms with van der Waals surface area (Å²) in [6.07, 6.45) is 7.19. The van der Waals surface area contributed by atoms with Gasteiger partial charge in [0.05, 0.1) is 13.2 Å². The van der Waals surface area contributed by atoms with Gasteiger partial charge >= 0.3 is 0 Å². The molecule has 4 rings (SSSR count). The molecule has 0 amide bonds. The van der Waals surface area contributed by atoms with E-state index < -0.39 is 0 Å². The molecule has 0 radical (unpaired) electrons. The molecular formula is C28H35NO2. The molecule has 164 valence electrons. The minimum absolute atomic E-state index is 0.559. The van der Waals surface area contributed by atoms with E-state index in [0.717, 1.165) is 38.3 Å². The maximum Gasteiger partial charge on any atom is 0.119 e. The van der Waals surface area contributed by atoms with Gasteiger partial charge in [0.2, 0.25) is 0 Å². The Labute approximate surface area is 187 Å². The first-order valence-corrected chi connectivity index (χ1v) is 11.7. The Kier molecular flexibility index (Phi) is 7.98. The van der Waals surface area contributed by atoms with E-state index in [2.05, 4.69) is 71.6 Å². The summed E-state index contributed by atoms with van der Waals surface area (Å²) in [5.74, 6) is 0.975. The lowest BCUT2D eigenvalue weighted by Crippen LogP contribution is -2.32. The first kappa shape index (κ1) is 21.9. The van der Waals surface area contributed by atoms with E-state index in [0.29, 0.717) is 6.04 Å². The molecule has 1 fully saturated rings. The van der Waals surface area contributed by atoms with Crippen LogP contribution in [0, 0.1) is 0 Å². The van der Waals surface area contributed by atoms with Crippen molar-refractivity contribution >= 4 is 10.8 Å². The quantitative estimate of drug-likeness (QED) is 0.345. The van der Waals surface area contributed by atoms with Gasteiger partial charge in [-0.1, -0.05) is 48.5 Å². The Morgan fingerprint density at radius 2 is 1.71 bits per heavy atom. The van der Waals surface area contributed by atoms with E-state index in [9.17, 15) is 0 Å². The van der Waals surface area contributed by atoms with E-state index in [-0.39, 0.29) is 0 Å². The van der Waals surface area contributed by atoms with Crippen LogP contribution in [0.1, 0.15) is 43.2 Å². The van der Waals surface area contributed by atoms with Crippen LogP contribution in [0.4, 0.5) is 0 Å². The minimum Gasteiger partial charge on any atom is -0.494 e. The number of unbranched alkanes of at least 4 members (excludes halogenated alkanes) is 2. The summed E-state index contributed by atoms with van der Waals surface area (Å²) in [4.78, 5) is 2.56. The second-order valence-electron chi connectivity index (χ2n) is 8.71. The third-order valence-electron chi connectivity index (χ3n) is 6.34. The zero-order valence-corrected chi connectivity index (χ0v) is 18.8. The average Bonchev–Trinajstić information content (AvgIpc) is 3.23. The average molecular weight is 418 g/mol. The normalized spacial score (nSPS) is 16.7. The third kappa shape index (κ3) is 6.32. The van der Waals surface area contributed by atoms with Crippen LogP contribution >= 0.6 is 0 Å². The number of ether oxygens (including phenoxy) is 2. The number of rotatable bonds is 11. The molecule has 0 aromatic heterocycles. The predicted octanol–water partition coefficient (Wildman–Crippen LogP) is 6.24. The van der Waals surface area contributed by atoms with Crippen LogP contribution in [0.15, 0.2) is 66.7 Å². The SMILES string of the molecule is COC[C@H]1CCCN1Cc1ccc2cc(OCCCCCc3ccccc3)ccc2c1. The van der Waals surface area contributed by atoms with E-state index in [1.54, 1.807) is 7.11 Å². The highest BCUT2D eigenvalue weighted by Crippen LogP contribution is 2.25. The van der Waals surface area contributed by atoms with Gasteiger partial charge in [0.1, 0.15) is 5.75 Å². The van der Waals surface area contributed by atoms with Gasteiger partial charge in [-0.05, 0) is 85.2 Å². The first-order valence-electron chi connectivity index (χ1n) is 11.7. The molecule has 0 bridgehead atoms. The van der Waals surface area contributed by atoms with Gasteiger partial charge in [0.25, 0.3) is 0 Å². The second kappa shape index (κ2) is 11.3. The zero-order chi connectivity index (χ0) is 21.3. The molecule has 0 unspecified atom stereocenters. The molecule has 0 aliphatic carbocycles. The summed E-state index contributed by atoms with van der Waals surface area (Å²) in [6.45, 7) is 3.80. The maximum absolute atomic E-state index is 6.02. The van der Waals surface area contributed by atoms with Crippen molar-refractivity contribution in [2.75, 3.05) is 26.9 Å². The molecule has 0 saturated carbocycles. The summed E-state index contributed by atoms with van der Waals surface area (Å²) in [6, 6.07) is 24.6. The Morgan fingerprint density at radius 1 is 0.871 bits per heavy atom. The molecule has 1 atom stereocenters. The van der Waals surface area contributed by atoms with Gasteiger partial charge in [-0.3, -0.25) is 4.90 Å². The fraction of sp³-hybridized carbons (Fsp3) is 0.429. The van der Waals surface area contributed by atoms with Crippen LogP contribution in [-0.4, -0.2) is 37.8 Å². The molecule has 1 aliphatic rings. The van der Waals surface area contributed by atoms with Gasteiger partial charge < -0.3 is 9.47 Å². The highest BCUT2D eigenvalue weighted by Gasteiger charge is 2.24. The predicted molar refractivity (Wildman–Crippen MR) is 129 cm³/mol. The number of hydrogen-bond acceptors (Lipinski definition) is 3. The molecule has 0 spiro atoms. The van der Waals surface area contributed by atoms with E-state index in [1.165, 1.54) is 54.1 Å². The number of methoxy groups -OCH3 is 1. The smallest absolute Gasteiger partial charge is 0.119 e. The van der Waals surface area contributed by atoms with Crippen LogP contribution in [-0.2, 0) is 17.7 Å². The van der Waals surface area contributed by atoms with Crippen molar-refractivity contribution in [3.63, 3.8) is 0 Å². The van der Waals surface area contributed by atoms with Crippen LogP contribution in [0.25, 0.3) is 10.8 Å². The fourth-order valence-corrected chi connectivity index (χ4v) is 4.62. The van der Waals surface area contributed by atoms with Crippen LogP contribution < -0.4 is 4.74 Å². The van der Waals surface area contributed by atoms with Crippen LogP contribution in [0.2, 0.25) is 0 Å². The highest BCUT2D eigenvalue weighted by atomic mass is 16.5. The number of likely N-dealkylation sites (tertiary alicyclic amines) is 1. The van der Waals surface area contributed by atoms with Gasteiger partial charge in [0, 0.05) is 19.7 Å². The number of benzene rings is 3. The van der Waals surface area contributed by atoms with Gasteiger partial charge in [0.15, 0.2) is 0 Å². The standard InChI is InChI=1S/C28H35NO2/c1-30-22-27-12-8-17-29(27)21-24-13-14-26-20-28(16-15-25(26)19-24)31-18-7-3-6-11-23-9-4-2-5-10-23/h2,4-5,9-10,13-16,19-20,27H,3,6-8,11-12,17-18,21-22H2,1H3/t27-/m1/s1. The van der Waals surface area contributed by atoms with Crippen LogP contribution in [0.3, 0.4) is 0 Å². The topological polar surface area (TPSA) is 21.7 Å². The van der Waals surface area contributed by atoms with Crippen molar-refractivity contribution in [3.8, 4) is 5.75 Å². The largest absolute Gasteiger partial charge is 0.494 e. The summed E-state index contributed by atoms with van der Waals surface area (Å²) < 4.78 is 11.4. The first-order chi connectivity index (χ1) is 15.3. The summed E-state index contributed by atoms with van der Waals surface area (Å²) in [5.41, 5.74) is 2.80. The number of nitrogens with zero attached hydrogens (tertiary/aromatic N) is 1. The van der Waals surface area contributed by atoms with Crippen molar-refractivity contribution in [1.82, 2.24) is 4.90 Å². The van der Waals surface area contributed by atoms with E-state index >= 15 is 0 Å². The molecule has 1 aliphatic heterocycles. The fourth-order valence-electron chi connectivity index (χ4n) is 4.62. The van der Waals surface area contributed by atoms with Crippen molar-refractivity contribution < 1.29 is 9.47 Å². The van der Waals surface area contributed by atoms with Crippen molar-refractivity contribution in [2.24, 2.45) is 0 Å². The zero-order valence-electron chi connectivity index (χ0n) is 18.8. The maximum atomic E-state index is 6.02. The molecule has 1 heterocycles. The summed E-state index contributed by atoms with van der Waals surface area (Å²) in [5, 5.41) is 2.54. The molecule has 3 heteroatoms. The Hall–Kier alpha value is -2.36. The number of aryl methyl sites for hydroxylation is 1. The van der Waals surface area contributed by atoms with Gasteiger partial charge in [-0.15, -0.1) is 0 Å². The lowest BCUT2D eigenvalue weighted by Gasteiger charge is -2.24. The second-order valence-corrected chi connectivity index (χ2v) is 8.71. The highest BCUT2D eigenvalue weighted by molar-refractivity contribution is 5.84.